The molecule has 98 valence electrons. The molecule has 1 aromatic rings. The summed E-state index contributed by atoms with van der Waals surface area (Å²) in [5.41, 5.74) is 0.759. The van der Waals surface area contributed by atoms with Crippen molar-refractivity contribution in [3.63, 3.8) is 0 Å². The van der Waals surface area contributed by atoms with E-state index in [0.29, 0.717) is 11.5 Å². The minimum atomic E-state index is 0.0711. The van der Waals surface area contributed by atoms with E-state index in [9.17, 15) is 4.79 Å². The van der Waals surface area contributed by atoms with Crippen molar-refractivity contribution in [1.29, 1.82) is 0 Å². The number of rotatable bonds is 4. The molecule has 1 saturated heterocycles. The first-order valence-electron chi connectivity index (χ1n) is 5.87. The van der Waals surface area contributed by atoms with Gasteiger partial charge in [-0.05, 0) is 12.1 Å². The molecule has 1 heterocycles. The molecule has 0 aromatic heterocycles. The van der Waals surface area contributed by atoms with Gasteiger partial charge in [-0.15, -0.1) is 0 Å². The molecule has 18 heavy (non-hydrogen) atoms. The van der Waals surface area contributed by atoms with Crippen LogP contribution >= 0.6 is 0 Å². The van der Waals surface area contributed by atoms with E-state index in [1.165, 1.54) is 0 Å². The van der Waals surface area contributed by atoms with E-state index in [-0.39, 0.29) is 11.8 Å². The smallest absolute Gasteiger partial charge is 0.232 e. The topological polar surface area (TPSA) is 50.8 Å². The van der Waals surface area contributed by atoms with Crippen molar-refractivity contribution < 1.29 is 14.3 Å². The van der Waals surface area contributed by atoms with Gasteiger partial charge in [0.05, 0.1) is 25.8 Å². The summed E-state index contributed by atoms with van der Waals surface area (Å²) in [6.45, 7) is 1.50. The van der Waals surface area contributed by atoms with Crippen LogP contribution in [-0.2, 0) is 4.79 Å². The molecule has 0 spiro atoms. The number of carbonyl (C=O) groups excluding carboxylic acids is 1. The highest BCUT2D eigenvalue weighted by molar-refractivity contribution is 5.96. The summed E-state index contributed by atoms with van der Waals surface area (Å²) in [7, 11) is 4.95. The van der Waals surface area contributed by atoms with Crippen molar-refractivity contribution in [1.82, 2.24) is 5.32 Å². The van der Waals surface area contributed by atoms with Crippen molar-refractivity contribution in [3.8, 4) is 11.5 Å². The number of nitrogens with one attached hydrogen (secondary N) is 1. The van der Waals surface area contributed by atoms with Crippen LogP contribution in [0.25, 0.3) is 0 Å². The lowest BCUT2D eigenvalue weighted by Gasteiger charge is -2.30. The Morgan fingerprint density at radius 3 is 2.56 bits per heavy atom. The van der Waals surface area contributed by atoms with Gasteiger partial charge >= 0.3 is 0 Å². The number of benzene rings is 1. The Bertz CT molecular complexity index is 444. The Morgan fingerprint density at radius 1 is 1.33 bits per heavy atom. The van der Waals surface area contributed by atoms with Gasteiger partial charge in [0, 0.05) is 26.2 Å². The number of nitrogens with zero attached hydrogens (tertiary/aromatic N) is 1. The fourth-order valence-electron chi connectivity index (χ4n) is 1.92. The third-order valence-corrected chi connectivity index (χ3v) is 3.21. The van der Waals surface area contributed by atoms with Crippen molar-refractivity contribution >= 4 is 11.6 Å². The van der Waals surface area contributed by atoms with Crippen LogP contribution in [0.1, 0.15) is 0 Å². The van der Waals surface area contributed by atoms with E-state index in [1.54, 1.807) is 32.2 Å². The number of ether oxygens (including phenoxy) is 2. The Balaban J connectivity index is 2.23. The number of carbonyl (C=O) groups is 1. The van der Waals surface area contributed by atoms with Gasteiger partial charge in [-0.25, -0.2) is 0 Å². The first-order chi connectivity index (χ1) is 8.67. The number of hydrogen-bond donors (Lipinski definition) is 1. The van der Waals surface area contributed by atoms with Crippen molar-refractivity contribution in [2.24, 2.45) is 5.92 Å². The molecule has 1 N–H and O–H groups in total. The quantitative estimate of drug-likeness (QED) is 0.862. The summed E-state index contributed by atoms with van der Waals surface area (Å²) in [5.74, 6) is 1.53. The van der Waals surface area contributed by atoms with Crippen LogP contribution in [0.5, 0.6) is 11.5 Å². The van der Waals surface area contributed by atoms with Crippen LogP contribution in [-0.4, -0.2) is 40.3 Å². The number of anilines is 1. The molecule has 1 amide bonds. The monoisotopic (exact) mass is 250 g/mol. The lowest BCUT2D eigenvalue weighted by molar-refractivity contribution is -0.123. The lowest BCUT2D eigenvalue weighted by atomic mass is 10.0. The Labute approximate surface area is 107 Å². The number of hydrogen-bond acceptors (Lipinski definition) is 4. The molecular weight excluding hydrogens is 232 g/mol. The predicted octanol–water partition coefficient (Wildman–Crippen LogP) is 0.886. The molecule has 0 radical (unpaired) electrons. The maximum absolute atomic E-state index is 12.1. The lowest BCUT2D eigenvalue weighted by Crippen LogP contribution is -2.51. The van der Waals surface area contributed by atoms with E-state index in [1.807, 2.05) is 12.1 Å². The van der Waals surface area contributed by atoms with Crippen molar-refractivity contribution in [2.75, 3.05) is 39.3 Å². The van der Waals surface area contributed by atoms with Gasteiger partial charge in [-0.2, -0.15) is 0 Å². The van der Waals surface area contributed by atoms with Crippen molar-refractivity contribution in [3.05, 3.63) is 18.2 Å². The summed E-state index contributed by atoms with van der Waals surface area (Å²) < 4.78 is 10.4. The third-order valence-electron chi connectivity index (χ3n) is 3.21. The second kappa shape index (κ2) is 5.27. The van der Waals surface area contributed by atoms with Crippen LogP contribution in [0.2, 0.25) is 0 Å². The zero-order chi connectivity index (χ0) is 13.1. The molecule has 0 bridgehead atoms. The molecule has 0 aliphatic carbocycles. The zero-order valence-corrected chi connectivity index (χ0v) is 10.9. The summed E-state index contributed by atoms with van der Waals surface area (Å²) in [6, 6.07) is 5.43. The van der Waals surface area contributed by atoms with Gasteiger partial charge in [-0.3, -0.25) is 4.79 Å². The molecule has 5 heteroatoms. The predicted molar refractivity (Wildman–Crippen MR) is 69.3 cm³/mol. The third kappa shape index (κ3) is 2.26. The Kier molecular flexibility index (Phi) is 3.72. The van der Waals surface area contributed by atoms with Crippen LogP contribution in [0, 0.1) is 5.92 Å². The molecule has 5 nitrogen and oxygen atoms in total. The fourth-order valence-corrected chi connectivity index (χ4v) is 1.92. The van der Waals surface area contributed by atoms with Crippen LogP contribution in [0.4, 0.5) is 5.69 Å². The summed E-state index contributed by atoms with van der Waals surface area (Å²) >= 11 is 0. The standard InChI is InChI=1S/C13H18N2O3/c1-15(13(16)9-7-14-8-9)11-5-4-10(17-2)6-12(11)18-3/h4-6,9,14H,7-8H2,1-3H3. The number of methoxy groups -OCH3 is 2. The molecule has 2 rings (SSSR count). The van der Waals surface area contributed by atoms with E-state index in [4.69, 9.17) is 9.47 Å². The summed E-state index contributed by atoms with van der Waals surface area (Å²) in [6.07, 6.45) is 0. The molecule has 0 atom stereocenters. The molecule has 1 aliphatic heterocycles. The first-order valence-corrected chi connectivity index (χ1v) is 5.87. The average Bonchev–Trinajstić information content (AvgIpc) is 2.34. The summed E-state index contributed by atoms with van der Waals surface area (Å²) in [5, 5.41) is 3.10. The van der Waals surface area contributed by atoms with E-state index in [0.717, 1.165) is 18.8 Å². The molecule has 1 aromatic carbocycles. The average molecular weight is 250 g/mol. The normalized spacial score (nSPS) is 14.8. The van der Waals surface area contributed by atoms with Gasteiger partial charge in [0.25, 0.3) is 0 Å². The molecule has 1 fully saturated rings. The largest absolute Gasteiger partial charge is 0.497 e. The second-order valence-corrected chi connectivity index (χ2v) is 4.29. The second-order valence-electron chi connectivity index (χ2n) is 4.29. The summed E-state index contributed by atoms with van der Waals surface area (Å²) in [4.78, 5) is 13.8. The minimum Gasteiger partial charge on any atom is -0.497 e. The minimum absolute atomic E-state index is 0.0711. The maximum atomic E-state index is 12.1. The van der Waals surface area contributed by atoms with E-state index in [2.05, 4.69) is 5.32 Å². The van der Waals surface area contributed by atoms with E-state index >= 15 is 0 Å². The number of amides is 1. The Hall–Kier alpha value is -1.75. The SMILES string of the molecule is COc1ccc(N(C)C(=O)C2CNC2)c(OC)c1. The molecule has 0 unspecified atom stereocenters. The van der Waals surface area contributed by atoms with Gasteiger partial charge < -0.3 is 19.7 Å². The van der Waals surface area contributed by atoms with E-state index < -0.39 is 0 Å². The highest BCUT2D eigenvalue weighted by atomic mass is 16.5. The highest BCUT2D eigenvalue weighted by Crippen LogP contribution is 2.32. The van der Waals surface area contributed by atoms with Gasteiger partial charge in [0.15, 0.2) is 0 Å². The van der Waals surface area contributed by atoms with Crippen molar-refractivity contribution in [2.45, 2.75) is 0 Å². The molecule has 1 aliphatic rings. The van der Waals surface area contributed by atoms with Crippen LogP contribution < -0.4 is 19.7 Å². The highest BCUT2D eigenvalue weighted by Gasteiger charge is 2.29. The van der Waals surface area contributed by atoms with Gasteiger partial charge in [0.1, 0.15) is 11.5 Å². The molecular formula is C13H18N2O3. The van der Waals surface area contributed by atoms with Crippen LogP contribution in [0.15, 0.2) is 18.2 Å². The van der Waals surface area contributed by atoms with Gasteiger partial charge in [0.2, 0.25) is 5.91 Å². The van der Waals surface area contributed by atoms with Gasteiger partial charge in [-0.1, -0.05) is 0 Å². The maximum Gasteiger partial charge on any atom is 0.232 e. The zero-order valence-electron chi connectivity index (χ0n) is 10.9. The first kappa shape index (κ1) is 12.7. The van der Waals surface area contributed by atoms with Crippen LogP contribution in [0.3, 0.4) is 0 Å². The molecule has 0 saturated carbocycles. The Morgan fingerprint density at radius 2 is 2.06 bits per heavy atom. The fraction of sp³-hybridized carbons (Fsp3) is 0.462.